The van der Waals surface area contributed by atoms with Crippen molar-refractivity contribution in [1.29, 1.82) is 0 Å². The van der Waals surface area contributed by atoms with E-state index in [1.807, 2.05) is 44.2 Å². The Kier molecular flexibility index (Phi) is 9.88. The molecule has 0 fully saturated rings. The molecule has 0 aromatic heterocycles. The Morgan fingerprint density at radius 2 is 1.54 bits per heavy atom. The smallest absolute Gasteiger partial charge is 0.315 e. The van der Waals surface area contributed by atoms with Gasteiger partial charge in [-0.05, 0) is 42.0 Å². The molecule has 10 heteroatoms. The zero-order chi connectivity index (χ0) is 26.8. The van der Waals surface area contributed by atoms with Crippen LogP contribution in [-0.4, -0.2) is 42.5 Å². The van der Waals surface area contributed by atoms with Gasteiger partial charge in [-0.1, -0.05) is 57.2 Å². The quantitative estimate of drug-likeness (QED) is 0.324. The first-order valence-corrected chi connectivity index (χ1v) is 12.4. The van der Waals surface area contributed by atoms with E-state index in [1.54, 1.807) is 25.1 Å². The number of rotatable bonds is 12. The van der Waals surface area contributed by atoms with Crippen molar-refractivity contribution < 1.29 is 28.7 Å². The second kappa shape index (κ2) is 13.3. The van der Waals surface area contributed by atoms with Crippen LogP contribution in [0.2, 0.25) is 0 Å². The van der Waals surface area contributed by atoms with Crippen LogP contribution in [-0.2, 0) is 27.5 Å². The minimum absolute atomic E-state index is 0.103. The molecule has 0 aliphatic carbocycles. The van der Waals surface area contributed by atoms with Crippen LogP contribution in [0.25, 0.3) is 0 Å². The van der Waals surface area contributed by atoms with Crippen molar-refractivity contribution in [3.8, 4) is 11.5 Å². The van der Waals surface area contributed by atoms with Gasteiger partial charge in [-0.25, -0.2) is 4.79 Å². The van der Waals surface area contributed by atoms with Gasteiger partial charge in [0.2, 0.25) is 18.5 Å². The van der Waals surface area contributed by atoms with Gasteiger partial charge in [-0.2, -0.15) is 0 Å². The number of carbonyl (C=O) groups is 4. The van der Waals surface area contributed by atoms with Crippen molar-refractivity contribution in [2.45, 2.75) is 58.8 Å². The van der Waals surface area contributed by atoms with E-state index in [9.17, 15) is 19.2 Å². The van der Waals surface area contributed by atoms with Crippen molar-refractivity contribution in [2.24, 2.45) is 5.92 Å². The number of nitrogens with one attached hydrogen (secondary N) is 4. The first-order valence-electron chi connectivity index (χ1n) is 12.4. The van der Waals surface area contributed by atoms with Crippen LogP contribution in [0, 0.1) is 5.92 Å². The highest BCUT2D eigenvalue weighted by molar-refractivity contribution is 6.38. The predicted molar refractivity (Wildman–Crippen MR) is 137 cm³/mol. The number of ether oxygens (including phenoxy) is 2. The summed E-state index contributed by atoms with van der Waals surface area (Å²) < 4.78 is 10.6. The van der Waals surface area contributed by atoms with Crippen molar-refractivity contribution in [3.05, 3.63) is 59.7 Å². The summed E-state index contributed by atoms with van der Waals surface area (Å²) in [5.74, 6) is -0.781. The highest BCUT2D eigenvalue weighted by atomic mass is 16.7. The van der Waals surface area contributed by atoms with Gasteiger partial charge in [-0.3, -0.25) is 14.4 Å². The lowest BCUT2D eigenvalue weighted by molar-refractivity contribution is -0.140. The van der Waals surface area contributed by atoms with Crippen LogP contribution in [0.5, 0.6) is 11.5 Å². The molecule has 0 saturated heterocycles. The number of benzene rings is 2. The van der Waals surface area contributed by atoms with Gasteiger partial charge >= 0.3 is 6.03 Å². The molecule has 0 saturated carbocycles. The fourth-order valence-corrected chi connectivity index (χ4v) is 3.79. The highest BCUT2D eigenvalue weighted by Gasteiger charge is 2.29. The number of fused-ring (bicyclic) bond motifs is 1. The molecule has 1 heterocycles. The maximum Gasteiger partial charge on any atom is 0.315 e. The molecule has 0 bridgehead atoms. The molecule has 1 aliphatic rings. The number of urea groups is 1. The van der Waals surface area contributed by atoms with Gasteiger partial charge in [0.15, 0.2) is 11.5 Å². The summed E-state index contributed by atoms with van der Waals surface area (Å²) in [7, 11) is 0. The Morgan fingerprint density at radius 1 is 0.838 bits per heavy atom. The Morgan fingerprint density at radius 3 is 2.24 bits per heavy atom. The third-order valence-electron chi connectivity index (χ3n) is 5.78. The zero-order valence-corrected chi connectivity index (χ0v) is 21.3. The molecule has 4 amide bonds. The van der Waals surface area contributed by atoms with E-state index >= 15 is 0 Å². The Hall–Kier alpha value is -4.08. The van der Waals surface area contributed by atoms with Crippen LogP contribution >= 0.6 is 0 Å². The fraction of sp³-hybridized carbons (Fsp3) is 0.407. The second-order valence-corrected chi connectivity index (χ2v) is 9.20. The minimum Gasteiger partial charge on any atom is -0.454 e. The van der Waals surface area contributed by atoms with Crippen LogP contribution < -0.4 is 30.7 Å². The Bertz CT molecular complexity index is 1110. The minimum atomic E-state index is -1.02. The molecule has 198 valence electrons. The largest absolute Gasteiger partial charge is 0.454 e. The lowest BCUT2D eigenvalue weighted by Gasteiger charge is -2.23. The van der Waals surface area contributed by atoms with Crippen molar-refractivity contribution in [3.63, 3.8) is 0 Å². The molecule has 4 N–H and O–H groups in total. The van der Waals surface area contributed by atoms with E-state index in [2.05, 4.69) is 21.3 Å². The molecular weight excluding hydrogens is 476 g/mol. The molecule has 2 atom stereocenters. The maximum absolute atomic E-state index is 13.0. The summed E-state index contributed by atoms with van der Waals surface area (Å²) in [6, 6.07) is 12.2. The Balaban J connectivity index is 1.53. The van der Waals surface area contributed by atoms with E-state index in [4.69, 9.17) is 9.47 Å². The van der Waals surface area contributed by atoms with Gasteiger partial charge in [0.1, 0.15) is 6.04 Å². The fourth-order valence-electron chi connectivity index (χ4n) is 3.79. The van der Waals surface area contributed by atoms with Crippen LogP contribution in [0.4, 0.5) is 4.79 Å². The van der Waals surface area contributed by atoms with E-state index < -0.39 is 35.7 Å². The average Bonchev–Trinajstić information content (AvgIpc) is 3.36. The molecule has 3 rings (SSSR count). The summed E-state index contributed by atoms with van der Waals surface area (Å²) in [4.78, 5) is 50.8. The maximum atomic E-state index is 13.0. The lowest BCUT2D eigenvalue weighted by atomic mass is 10.0. The normalized spacial score (nSPS) is 13.4. The third-order valence-corrected chi connectivity index (χ3v) is 5.78. The van der Waals surface area contributed by atoms with Crippen molar-refractivity contribution in [1.82, 2.24) is 21.3 Å². The number of amides is 4. The van der Waals surface area contributed by atoms with Gasteiger partial charge in [0.05, 0.1) is 6.04 Å². The molecular formula is C27H34N4O6. The van der Waals surface area contributed by atoms with Crippen molar-refractivity contribution in [2.75, 3.05) is 6.79 Å². The molecule has 2 aromatic carbocycles. The van der Waals surface area contributed by atoms with Gasteiger partial charge < -0.3 is 30.7 Å². The standard InChI is InChI=1S/C27H34N4O6/c1-4-20(24(32)26(34)28-15-19-10-11-22-23(13-19)37-16-36-22)30-25(33)21(12-17(2)3)31-27(35)29-14-18-8-6-5-7-9-18/h5-11,13,17,20-21H,4,12,14-16H2,1-3H3,(H,28,34)(H,30,33)(H2,29,31,35)/t20?,21-/m0/s1. The third kappa shape index (κ3) is 8.23. The first-order chi connectivity index (χ1) is 17.8. The highest BCUT2D eigenvalue weighted by Crippen LogP contribution is 2.32. The topological polar surface area (TPSA) is 135 Å². The molecule has 10 nitrogen and oxygen atoms in total. The van der Waals surface area contributed by atoms with Crippen LogP contribution in [0.3, 0.4) is 0 Å². The van der Waals surface area contributed by atoms with E-state index in [-0.39, 0.29) is 25.7 Å². The van der Waals surface area contributed by atoms with Crippen LogP contribution in [0.1, 0.15) is 44.7 Å². The number of carbonyl (C=O) groups excluding carboxylic acids is 4. The summed E-state index contributed by atoms with van der Waals surface area (Å²) >= 11 is 0. The number of hydrogen-bond donors (Lipinski definition) is 4. The second-order valence-electron chi connectivity index (χ2n) is 9.20. The number of hydrogen-bond acceptors (Lipinski definition) is 6. The molecule has 37 heavy (non-hydrogen) atoms. The van der Waals surface area contributed by atoms with E-state index in [0.29, 0.717) is 24.5 Å². The van der Waals surface area contributed by atoms with Crippen LogP contribution in [0.15, 0.2) is 48.5 Å². The van der Waals surface area contributed by atoms with E-state index in [1.165, 1.54) is 0 Å². The number of Topliss-reactive ketones (excluding diaryl/α,β-unsaturated/α-hetero) is 1. The van der Waals surface area contributed by atoms with Gasteiger partial charge in [0.25, 0.3) is 5.91 Å². The average molecular weight is 511 g/mol. The molecule has 1 aliphatic heterocycles. The first kappa shape index (κ1) is 27.5. The molecule has 0 spiro atoms. The number of ketones is 1. The van der Waals surface area contributed by atoms with E-state index in [0.717, 1.165) is 11.1 Å². The zero-order valence-electron chi connectivity index (χ0n) is 21.3. The summed E-state index contributed by atoms with van der Waals surface area (Å²) in [6.07, 6.45) is 0.585. The lowest BCUT2D eigenvalue weighted by Crippen LogP contribution is -2.55. The SMILES string of the molecule is CCC(NC(=O)[C@H](CC(C)C)NC(=O)NCc1ccccc1)C(=O)C(=O)NCc1ccc2c(c1)OCO2. The molecule has 0 radical (unpaired) electrons. The Labute approximate surface area is 216 Å². The molecule has 1 unspecified atom stereocenters. The summed E-state index contributed by atoms with van der Waals surface area (Å²) in [6.45, 7) is 6.12. The predicted octanol–water partition coefficient (Wildman–Crippen LogP) is 2.41. The van der Waals surface area contributed by atoms with Gasteiger partial charge in [0, 0.05) is 13.1 Å². The summed E-state index contributed by atoms with van der Waals surface area (Å²) in [5, 5.41) is 10.6. The summed E-state index contributed by atoms with van der Waals surface area (Å²) in [5.41, 5.74) is 1.66. The molecule has 2 aromatic rings. The van der Waals surface area contributed by atoms with Crippen molar-refractivity contribution >= 4 is 23.6 Å². The monoisotopic (exact) mass is 510 g/mol. The van der Waals surface area contributed by atoms with Gasteiger partial charge in [-0.15, -0.1) is 0 Å².